The maximum Gasteiger partial charge on any atom is 0.168 e. The molecule has 0 saturated carbocycles. The standard InChI is InChI=1S/C10H16O4/c1-7(9(11)6-13-2)10(12)8-3-4-14-5-8/h7-8H,3-6H2,1-2H3. The Morgan fingerprint density at radius 3 is 2.79 bits per heavy atom. The van der Waals surface area contributed by atoms with E-state index in [9.17, 15) is 9.59 Å². The van der Waals surface area contributed by atoms with E-state index in [1.807, 2.05) is 0 Å². The summed E-state index contributed by atoms with van der Waals surface area (Å²) in [6.07, 6.45) is 0.740. The van der Waals surface area contributed by atoms with Crippen molar-refractivity contribution in [2.75, 3.05) is 26.9 Å². The van der Waals surface area contributed by atoms with Crippen LogP contribution in [0.4, 0.5) is 0 Å². The molecule has 1 rings (SSSR count). The fourth-order valence-corrected chi connectivity index (χ4v) is 1.54. The Kier molecular flexibility index (Phi) is 4.22. The molecule has 0 amide bonds. The lowest BCUT2D eigenvalue weighted by molar-refractivity contribution is -0.136. The molecule has 4 nitrogen and oxygen atoms in total. The van der Waals surface area contributed by atoms with Gasteiger partial charge in [0.1, 0.15) is 12.4 Å². The number of Topliss-reactive ketones (excluding diaryl/α,β-unsaturated/α-hetero) is 2. The van der Waals surface area contributed by atoms with Crippen LogP contribution < -0.4 is 0 Å². The van der Waals surface area contributed by atoms with Crippen molar-refractivity contribution >= 4 is 11.6 Å². The van der Waals surface area contributed by atoms with Crippen LogP contribution >= 0.6 is 0 Å². The highest BCUT2D eigenvalue weighted by Crippen LogP contribution is 2.18. The summed E-state index contributed by atoms with van der Waals surface area (Å²) in [6.45, 7) is 2.74. The fraction of sp³-hybridized carbons (Fsp3) is 0.800. The van der Waals surface area contributed by atoms with E-state index in [-0.39, 0.29) is 24.1 Å². The molecule has 0 aromatic heterocycles. The van der Waals surface area contributed by atoms with Crippen molar-refractivity contribution in [3.63, 3.8) is 0 Å². The van der Waals surface area contributed by atoms with Gasteiger partial charge in [-0.1, -0.05) is 0 Å². The average molecular weight is 200 g/mol. The Morgan fingerprint density at radius 1 is 1.57 bits per heavy atom. The van der Waals surface area contributed by atoms with Gasteiger partial charge >= 0.3 is 0 Å². The van der Waals surface area contributed by atoms with E-state index in [0.29, 0.717) is 13.2 Å². The number of ketones is 2. The Hall–Kier alpha value is -0.740. The van der Waals surface area contributed by atoms with Gasteiger partial charge in [0.25, 0.3) is 0 Å². The Morgan fingerprint density at radius 2 is 2.29 bits per heavy atom. The Labute approximate surface area is 83.6 Å². The highest BCUT2D eigenvalue weighted by Gasteiger charge is 2.30. The predicted molar refractivity (Wildman–Crippen MR) is 50.0 cm³/mol. The molecular weight excluding hydrogens is 184 g/mol. The maximum atomic E-state index is 11.7. The quantitative estimate of drug-likeness (QED) is 0.604. The molecule has 1 saturated heterocycles. The van der Waals surface area contributed by atoms with Crippen LogP contribution in [0.2, 0.25) is 0 Å². The van der Waals surface area contributed by atoms with Crippen molar-refractivity contribution in [1.82, 2.24) is 0 Å². The zero-order chi connectivity index (χ0) is 10.6. The van der Waals surface area contributed by atoms with Crippen molar-refractivity contribution in [3.8, 4) is 0 Å². The van der Waals surface area contributed by atoms with Gasteiger partial charge in [-0.15, -0.1) is 0 Å². The van der Waals surface area contributed by atoms with Crippen molar-refractivity contribution in [2.45, 2.75) is 13.3 Å². The van der Waals surface area contributed by atoms with Crippen LogP contribution in [0.1, 0.15) is 13.3 Å². The molecule has 2 unspecified atom stereocenters. The van der Waals surface area contributed by atoms with E-state index < -0.39 is 5.92 Å². The van der Waals surface area contributed by atoms with Crippen molar-refractivity contribution in [1.29, 1.82) is 0 Å². The first-order valence-electron chi connectivity index (χ1n) is 4.80. The van der Waals surface area contributed by atoms with Crippen LogP contribution in [-0.2, 0) is 19.1 Å². The number of ether oxygens (including phenoxy) is 2. The number of hydrogen-bond donors (Lipinski definition) is 0. The minimum atomic E-state index is -0.554. The smallest absolute Gasteiger partial charge is 0.168 e. The second kappa shape index (κ2) is 5.22. The highest BCUT2D eigenvalue weighted by molar-refractivity contribution is 6.03. The van der Waals surface area contributed by atoms with Gasteiger partial charge in [0, 0.05) is 19.6 Å². The molecule has 4 heteroatoms. The van der Waals surface area contributed by atoms with Gasteiger partial charge in [-0.3, -0.25) is 9.59 Å². The van der Waals surface area contributed by atoms with Crippen LogP contribution in [0.5, 0.6) is 0 Å². The summed E-state index contributed by atoms with van der Waals surface area (Å²) in [6, 6.07) is 0. The average Bonchev–Trinajstić information content (AvgIpc) is 2.68. The van der Waals surface area contributed by atoms with Crippen LogP contribution in [0.3, 0.4) is 0 Å². The van der Waals surface area contributed by atoms with Gasteiger partial charge in [0.15, 0.2) is 5.78 Å². The zero-order valence-electron chi connectivity index (χ0n) is 8.62. The van der Waals surface area contributed by atoms with E-state index in [2.05, 4.69) is 0 Å². The molecule has 1 heterocycles. The van der Waals surface area contributed by atoms with Gasteiger partial charge in [0.05, 0.1) is 12.5 Å². The van der Waals surface area contributed by atoms with E-state index >= 15 is 0 Å². The minimum Gasteiger partial charge on any atom is -0.381 e. The lowest BCUT2D eigenvalue weighted by Gasteiger charge is -2.12. The summed E-state index contributed by atoms with van der Waals surface area (Å²) in [7, 11) is 1.45. The molecule has 0 aromatic rings. The summed E-state index contributed by atoms with van der Waals surface area (Å²) in [4.78, 5) is 23.1. The summed E-state index contributed by atoms with van der Waals surface area (Å²) in [5.41, 5.74) is 0. The topological polar surface area (TPSA) is 52.6 Å². The van der Waals surface area contributed by atoms with Crippen LogP contribution in [0.15, 0.2) is 0 Å². The third-order valence-electron chi connectivity index (χ3n) is 2.53. The van der Waals surface area contributed by atoms with Crippen molar-refractivity contribution in [3.05, 3.63) is 0 Å². The normalized spacial score (nSPS) is 23.4. The van der Waals surface area contributed by atoms with Gasteiger partial charge in [-0.2, -0.15) is 0 Å². The lowest BCUT2D eigenvalue weighted by Crippen LogP contribution is -2.30. The van der Waals surface area contributed by atoms with Crippen LogP contribution in [0, 0.1) is 11.8 Å². The van der Waals surface area contributed by atoms with Gasteiger partial charge in [-0.05, 0) is 13.3 Å². The summed E-state index contributed by atoms with van der Waals surface area (Å²) in [5, 5.41) is 0. The molecule has 80 valence electrons. The molecular formula is C10H16O4. The monoisotopic (exact) mass is 200 g/mol. The molecule has 0 bridgehead atoms. The highest BCUT2D eigenvalue weighted by atomic mass is 16.5. The lowest BCUT2D eigenvalue weighted by atomic mass is 9.91. The molecule has 0 spiro atoms. The number of hydrogen-bond acceptors (Lipinski definition) is 4. The fourth-order valence-electron chi connectivity index (χ4n) is 1.54. The van der Waals surface area contributed by atoms with E-state index in [0.717, 1.165) is 6.42 Å². The Bertz CT molecular complexity index is 218. The van der Waals surface area contributed by atoms with Crippen LogP contribution in [0.25, 0.3) is 0 Å². The summed E-state index contributed by atoms with van der Waals surface area (Å²) < 4.78 is 9.81. The van der Waals surface area contributed by atoms with Gasteiger partial charge in [-0.25, -0.2) is 0 Å². The minimum absolute atomic E-state index is 0.00968. The largest absolute Gasteiger partial charge is 0.381 e. The first-order chi connectivity index (χ1) is 6.66. The molecule has 1 aliphatic heterocycles. The molecule has 0 radical (unpaired) electrons. The molecule has 1 aliphatic rings. The number of methoxy groups -OCH3 is 1. The van der Waals surface area contributed by atoms with Gasteiger partial charge in [0.2, 0.25) is 0 Å². The van der Waals surface area contributed by atoms with Crippen LogP contribution in [-0.4, -0.2) is 38.5 Å². The molecule has 2 atom stereocenters. The summed E-state index contributed by atoms with van der Waals surface area (Å²) in [5.74, 6) is -0.804. The van der Waals surface area contributed by atoms with Crippen molar-refractivity contribution in [2.24, 2.45) is 11.8 Å². The number of carbonyl (C=O) groups is 2. The molecule has 0 aromatic carbocycles. The van der Waals surface area contributed by atoms with E-state index in [1.54, 1.807) is 6.92 Å². The molecule has 0 N–H and O–H groups in total. The SMILES string of the molecule is COCC(=O)C(C)C(=O)C1CCOC1. The molecule has 1 fully saturated rings. The zero-order valence-corrected chi connectivity index (χ0v) is 8.62. The second-order valence-electron chi connectivity index (χ2n) is 3.58. The third kappa shape index (κ3) is 2.62. The van der Waals surface area contributed by atoms with E-state index in [4.69, 9.17) is 9.47 Å². The van der Waals surface area contributed by atoms with Crippen molar-refractivity contribution < 1.29 is 19.1 Å². The second-order valence-corrected chi connectivity index (χ2v) is 3.58. The Balaban J connectivity index is 2.46. The molecule has 14 heavy (non-hydrogen) atoms. The number of carbonyl (C=O) groups excluding carboxylic acids is 2. The predicted octanol–water partition coefficient (Wildman–Crippen LogP) is 0.444. The van der Waals surface area contributed by atoms with E-state index in [1.165, 1.54) is 7.11 Å². The number of rotatable bonds is 5. The first kappa shape index (κ1) is 11.3. The summed E-state index contributed by atoms with van der Waals surface area (Å²) >= 11 is 0. The maximum absolute atomic E-state index is 11.7. The first-order valence-corrected chi connectivity index (χ1v) is 4.80. The third-order valence-corrected chi connectivity index (χ3v) is 2.53. The molecule has 0 aliphatic carbocycles. The van der Waals surface area contributed by atoms with Gasteiger partial charge < -0.3 is 9.47 Å².